The normalized spacial score (nSPS) is 11.6. The molecule has 0 aliphatic heterocycles. The monoisotopic (exact) mass is 494 g/mol. The van der Waals surface area contributed by atoms with Crippen LogP contribution in [0, 0.1) is 11.6 Å². The number of methoxy groups -OCH3 is 1. The smallest absolute Gasteiger partial charge is 0.340 e. The van der Waals surface area contributed by atoms with Crippen molar-refractivity contribution in [2.45, 2.75) is 6.10 Å². The lowest BCUT2D eigenvalue weighted by Crippen LogP contribution is -2.21. The molecule has 12 heteroatoms. The summed E-state index contributed by atoms with van der Waals surface area (Å²) in [6, 6.07) is 11.7. The number of aromatic nitrogens is 4. The number of ether oxygens (including phenoxy) is 1. The Morgan fingerprint density at radius 2 is 1.83 bits per heavy atom. The van der Waals surface area contributed by atoms with Crippen molar-refractivity contribution in [3.05, 3.63) is 95.7 Å². The summed E-state index contributed by atoms with van der Waals surface area (Å²) in [7, 11) is 1.07. The van der Waals surface area contributed by atoms with Crippen molar-refractivity contribution < 1.29 is 28.2 Å². The van der Waals surface area contributed by atoms with E-state index < -0.39 is 29.6 Å². The van der Waals surface area contributed by atoms with Crippen LogP contribution < -0.4 is 10.6 Å². The molecule has 0 aliphatic rings. The molecule has 10 nitrogen and oxygen atoms in total. The van der Waals surface area contributed by atoms with Crippen molar-refractivity contribution in [2.75, 3.05) is 24.3 Å². The summed E-state index contributed by atoms with van der Waals surface area (Å²) in [4.78, 5) is 29.1. The number of hydrogen-bond acceptors (Lipinski definition) is 8. The fraction of sp³-hybridized carbons (Fsp3) is 0.125. The highest BCUT2D eigenvalue weighted by Gasteiger charge is 2.22. The van der Waals surface area contributed by atoms with E-state index in [1.165, 1.54) is 18.6 Å². The summed E-state index contributed by atoms with van der Waals surface area (Å²) in [5, 5.41) is 23.9. The third-order valence-electron chi connectivity index (χ3n) is 5.15. The molecule has 0 spiro atoms. The molecule has 36 heavy (non-hydrogen) atoms. The summed E-state index contributed by atoms with van der Waals surface area (Å²) in [5.74, 6) is -4.08. The van der Waals surface area contributed by atoms with Gasteiger partial charge in [-0.2, -0.15) is 0 Å². The molecule has 2 heterocycles. The zero-order valence-electron chi connectivity index (χ0n) is 18.9. The van der Waals surface area contributed by atoms with E-state index in [0.717, 1.165) is 7.11 Å². The Morgan fingerprint density at radius 1 is 1.08 bits per heavy atom. The molecule has 4 rings (SSSR count). The number of nitrogens with one attached hydrogen (secondary N) is 2. The van der Waals surface area contributed by atoms with Gasteiger partial charge < -0.3 is 20.5 Å². The number of aliphatic hydroxyl groups is 1. The number of nitrogens with zero attached hydrogens (tertiary/aromatic N) is 4. The first kappa shape index (κ1) is 24.4. The predicted octanol–water partition coefficient (Wildman–Crippen LogP) is 3.12. The number of rotatable bonds is 8. The van der Waals surface area contributed by atoms with E-state index in [1.807, 2.05) is 6.07 Å². The Balaban J connectivity index is 1.65. The van der Waals surface area contributed by atoms with Gasteiger partial charge in [0, 0.05) is 31.1 Å². The topological polar surface area (TPSA) is 131 Å². The van der Waals surface area contributed by atoms with E-state index in [2.05, 4.69) is 30.6 Å². The summed E-state index contributed by atoms with van der Waals surface area (Å²) in [5.41, 5.74) is -0.0938. The van der Waals surface area contributed by atoms with Crippen LogP contribution in [0.2, 0.25) is 0 Å². The van der Waals surface area contributed by atoms with Gasteiger partial charge in [-0.25, -0.2) is 18.6 Å². The molecular formula is C24H20F2N6O4. The van der Waals surface area contributed by atoms with Gasteiger partial charge in [-0.15, -0.1) is 10.2 Å². The van der Waals surface area contributed by atoms with Crippen molar-refractivity contribution in [3.8, 4) is 5.82 Å². The molecule has 0 bridgehead atoms. The molecule has 2 aromatic heterocycles. The number of aliphatic hydroxyl groups excluding tert-OH is 1. The molecule has 2 aromatic carbocycles. The second-order valence-corrected chi connectivity index (χ2v) is 7.50. The van der Waals surface area contributed by atoms with Crippen molar-refractivity contribution >= 4 is 23.3 Å². The van der Waals surface area contributed by atoms with Crippen LogP contribution in [0.25, 0.3) is 5.82 Å². The summed E-state index contributed by atoms with van der Waals surface area (Å²) >= 11 is 0. The third kappa shape index (κ3) is 5.33. The fourth-order valence-corrected chi connectivity index (χ4v) is 3.31. The molecule has 0 fully saturated rings. The van der Waals surface area contributed by atoms with E-state index in [4.69, 9.17) is 0 Å². The van der Waals surface area contributed by atoms with Crippen LogP contribution in [0.5, 0.6) is 0 Å². The first-order valence-electron chi connectivity index (χ1n) is 10.6. The van der Waals surface area contributed by atoms with Crippen LogP contribution in [-0.4, -0.2) is 50.4 Å². The minimum Gasteiger partial charge on any atom is -0.465 e. The predicted molar refractivity (Wildman–Crippen MR) is 125 cm³/mol. The maximum absolute atomic E-state index is 13.9. The van der Waals surface area contributed by atoms with Gasteiger partial charge in [-0.1, -0.05) is 30.3 Å². The molecule has 3 N–H and O–H groups in total. The van der Waals surface area contributed by atoms with Gasteiger partial charge in [-0.3, -0.25) is 9.36 Å². The molecule has 1 atom stereocenters. The Labute approximate surface area is 203 Å². The van der Waals surface area contributed by atoms with Crippen LogP contribution in [0.1, 0.15) is 32.5 Å². The highest BCUT2D eigenvalue weighted by atomic mass is 19.2. The van der Waals surface area contributed by atoms with Crippen LogP contribution in [0.4, 0.5) is 20.2 Å². The molecule has 0 aliphatic carbocycles. The molecule has 0 radical (unpaired) electrons. The zero-order valence-corrected chi connectivity index (χ0v) is 18.9. The number of carbonyl (C=O) groups excluding carboxylic acids is 2. The van der Waals surface area contributed by atoms with Gasteiger partial charge in [0.1, 0.15) is 6.33 Å². The number of imidazole rings is 1. The van der Waals surface area contributed by atoms with E-state index in [0.29, 0.717) is 23.5 Å². The van der Waals surface area contributed by atoms with Crippen molar-refractivity contribution in [3.63, 3.8) is 0 Å². The minimum atomic E-state index is -1.28. The lowest BCUT2D eigenvalue weighted by molar-refractivity contribution is 0.0601. The molecule has 4 aromatic rings. The molecular weight excluding hydrogens is 474 g/mol. The van der Waals surface area contributed by atoms with Gasteiger partial charge in [-0.05, 0) is 11.6 Å². The largest absolute Gasteiger partial charge is 0.465 e. The Morgan fingerprint density at radius 3 is 2.53 bits per heavy atom. The zero-order chi connectivity index (χ0) is 25.7. The maximum atomic E-state index is 13.9. The standard InChI is InChI=1S/C24H20F2N6O4/c1-36-24(35)15-9-16(25)17(26)10-18(15)29-23(34)22-19(11-21(30-31-22)32-8-7-27-13-32)28-12-20(33)14-5-3-2-4-6-14/h2-11,13,20,33H,12H2,1H3,(H,28,30)(H,29,34). The van der Waals surface area contributed by atoms with Gasteiger partial charge in [0.15, 0.2) is 23.1 Å². The third-order valence-corrected chi connectivity index (χ3v) is 5.15. The average Bonchev–Trinajstić information content (AvgIpc) is 3.44. The van der Waals surface area contributed by atoms with Gasteiger partial charge in [0.25, 0.3) is 5.91 Å². The average molecular weight is 494 g/mol. The molecule has 0 saturated heterocycles. The van der Waals surface area contributed by atoms with E-state index in [1.54, 1.807) is 35.0 Å². The van der Waals surface area contributed by atoms with Crippen LogP contribution in [0.15, 0.2) is 67.3 Å². The number of hydrogen-bond donors (Lipinski definition) is 3. The Bertz CT molecular complexity index is 1380. The molecule has 1 amide bonds. The van der Waals surface area contributed by atoms with Crippen molar-refractivity contribution in [1.29, 1.82) is 0 Å². The fourth-order valence-electron chi connectivity index (χ4n) is 3.31. The first-order valence-corrected chi connectivity index (χ1v) is 10.6. The van der Waals surface area contributed by atoms with E-state index >= 15 is 0 Å². The number of benzene rings is 2. The van der Waals surface area contributed by atoms with Crippen molar-refractivity contribution in [1.82, 2.24) is 19.7 Å². The molecule has 0 saturated carbocycles. The van der Waals surface area contributed by atoms with Gasteiger partial charge in [0.2, 0.25) is 0 Å². The summed E-state index contributed by atoms with van der Waals surface area (Å²) < 4.78 is 33.7. The van der Waals surface area contributed by atoms with Crippen LogP contribution in [0.3, 0.4) is 0 Å². The SMILES string of the molecule is COC(=O)c1cc(F)c(F)cc1NC(=O)c1nnc(-n2ccnc2)cc1NCC(O)c1ccccc1. The molecule has 1 unspecified atom stereocenters. The quantitative estimate of drug-likeness (QED) is 0.319. The summed E-state index contributed by atoms with van der Waals surface area (Å²) in [6.07, 6.45) is 3.72. The highest BCUT2D eigenvalue weighted by molar-refractivity contribution is 6.09. The second kappa shape index (κ2) is 10.7. The number of amides is 1. The number of carbonyl (C=O) groups is 2. The number of esters is 1. The highest BCUT2D eigenvalue weighted by Crippen LogP contribution is 2.24. The summed E-state index contributed by atoms with van der Waals surface area (Å²) in [6.45, 7) is 0.0118. The second-order valence-electron chi connectivity index (χ2n) is 7.50. The van der Waals surface area contributed by atoms with E-state index in [9.17, 15) is 23.5 Å². The molecule has 184 valence electrons. The number of halogens is 2. The van der Waals surface area contributed by atoms with E-state index in [-0.39, 0.29) is 29.2 Å². The Hall–Kier alpha value is -4.71. The van der Waals surface area contributed by atoms with Crippen LogP contribution >= 0.6 is 0 Å². The lowest BCUT2D eigenvalue weighted by Gasteiger charge is -2.16. The first-order chi connectivity index (χ1) is 17.4. The minimum absolute atomic E-state index is 0.0118. The van der Waals surface area contributed by atoms with Gasteiger partial charge >= 0.3 is 5.97 Å². The maximum Gasteiger partial charge on any atom is 0.340 e. The van der Waals surface area contributed by atoms with Crippen LogP contribution in [-0.2, 0) is 4.74 Å². The van der Waals surface area contributed by atoms with Gasteiger partial charge in [0.05, 0.1) is 30.2 Å². The number of anilines is 2. The van der Waals surface area contributed by atoms with Crippen molar-refractivity contribution in [2.24, 2.45) is 0 Å². The Kier molecular flexibility index (Phi) is 7.25. The lowest BCUT2D eigenvalue weighted by atomic mass is 10.1.